The summed E-state index contributed by atoms with van der Waals surface area (Å²) in [6.07, 6.45) is 2.64. The standard InChI is InChI=1S/C18H12FN5O2/c19-13-2-4-14(5-3-13)26-16-6-1-11(7-12(16)8-20)18(25)24-15-9-22-10-23-17(15)21/h1-7,9-10H,(H,24,25)(H2,21,22,23). The molecule has 0 saturated heterocycles. The molecule has 1 amide bonds. The number of carbonyl (C=O) groups is 1. The summed E-state index contributed by atoms with van der Waals surface area (Å²) in [5.74, 6) is -0.122. The van der Waals surface area contributed by atoms with E-state index < -0.39 is 11.7 Å². The smallest absolute Gasteiger partial charge is 0.255 e. The quantitative estimate of drug-likeness (QED) is 0.748. The minimum absolute atomic E-state index is 0.130. The Morgan fingerprint density at radius 2 is 2.00 bits per heavy atom. The zero-order valence-electron chi connectivity index (χ0n) is 13.3. The van der Waals surface area contributed by atoms with E-state index in [0.29, 0.717) is 5.75 Å². The van der Waals surface area contributed by atoms with Gasteiger partial charge in [0.05, 0.1) is 11.8 Å². The van der Waals surface area contributed by atoms with E-state index in [1.807, 2.05) is 6.07 Å². The molecule has 26 heavy (non-hydrogen) atoms. The summed E-state index contributed by atoms with van der Waals surface area (Å²) in [5.41, 5.74) is 6.31. The number of carbonyl (C=O) groups excluding carboxylic acids is 1. The number of anilines is 2. The van der Waals surface area contributed by atoms with E-state index in [2.05, 4.69) is 15.3 Å². The molecule has 0 spiro atoms. The second kappa shape index (κ2) is 7.27. The van der Waals surface area contributed by atoms with Crippen molar-refractivity contribution in [3.8, 4) is 17.6 Å². The Hall–Kier alpha value is -3.99. The Balaban J connectivity index is 1.82. The lowest BCUT2D eigenvalue weighted by atomic mass is 10.1. The molecule has 0 aliphatic carbocycles. The maximum absolute atomic E-state index is 12.9. The van der Waals surface area contributed by atoms with Crippen molar-refractivity contribution in [3.05, 3.63) is 71.9 Å². The van der Waals surface area contributed by atoms with E-state index >= 15 is 0 Å². The number of ether oxygens (including phenoxy) is 1. The fraction of sp³-hybridized carbons (Fsp3) is 0. The van der Waals surface area contributed by atoms with Gasteiger partial charge in [-0.1, -0.05) is 0 Å². The summed E-state index contributed by atoms with van der Waals surface area (Å²) < 4.78 is 18.5. The van der Waals surface area contributed by atoms with Crippen LogP contribution in [0.15, 0.2) is 55.0 Å². The number of halogens is 1. The number of nitrogens with two attached hydrogens (primary N) is 1. The fourth-order valence-corrected chi connectivity index (χ4v) is 2.11. The first kappa shape index (κ1) is 16.9. The lowest BCUT2D eigenvalue weighted by Gasteiger charge is -2.10. The van der Waals surface area contributed by atoms with Crippen molar-refractivity contribution >= 4 is 17.4 Å². The molecule has 0 bridgehead atoms. The number of nitrogen functional groups attached to an aromatic ring is 1. The average molecular weight is 349 g/mol. The molecule has 3 aromatic rings. The molecule has 0 unspecified atom stereocenters. The zero-order valence-corrected chi connectivity index (χ0v) is 13.3. The molecular weight excluding hydrogens is 337 g/mol. The molecule has 0 aliphatic rings. The maximum Gasteiger partial charge on any atom is 0.255 e. The Bertz CT molecular complexity index is 999. The molecule has 8 heteroatoms. The van der Waals surface area contributed by atoms with Crippen molar-refractivity contribution < 1.29 is 13.9 Å². The van der Waals surface area contributed by atoms with Crippen molar-refractivity contribution in [2.75, 3.05) is 11.1 Å². The molecule has 7 nitrogen and oxygen atoms in total. The van der Waals surface area contributed by atoms with Crippen LogP contribution in [0.1, 0.15) is 15.9 Å². The minimum Gasteiger partial charge on any atom is -0.456 e. The van der Waals surface area contributed by atoms with Crippen molar-refractivity contribution in [1.82, 2.24) is 9.97 Å². The van der Waals surface area contributed by atoms with Gasteiger partial charge < -0.3 is 15.8 Å². The first-order chi connectivity index (χ1) is 12.6. The Morgan fingerprint density at radius 3 is 2.69 bits per heavy atom. The molecule has 2 aromatic carbocycles. The van der Waals surface area contributed by atoms with Gasteiger partial charge in [0.15, 0.2) is 5.82 Å². The summed E-state index contributed by atoms with van der Waals surface area (Å²) in [6, 6.07) is 11.7. The Kier molecular flexibility index (Phi) is 4.71. The number of benzene rings is 2. The molecule has 1 aromatic heterocycles. The number of nitriles is 1. The molecule has 0 aliphatic heterocycles. The monoisotopic (exact) mass is 349 g/mol. The Labute approximate surface area is 147 Å². The van der Waals surface area contributed by atoms with Crippen LogP contribution in [0.5, 0.6) is 11.5 Å². The van der Waals surface area contributed by atoms with Gasteiger partial charge >= 0.3 is 0 Å². The molecular formula is C18H12FN5O2. The van der Waals surface area contributed by atoms with Crippen LogP contribution in [-0.4, -0.2) is 15.9 Å². The molecule has 0 radical (unpaired) electrons. The van der Waals surface area contributed by atoms with Crippen LogP contribution >= 0.6 is 0 Å². The highest BCUT2D eigenvalue weighted by atomic mass is 19.1. The van der Waals surface area contributed by atoms with Crippen LogP contribution in [0.3, 0.4) is 0 Å². The summed E-state index contributed by atoms with van der Waals surface area (Å²) >= 11 is 0. The Morgan fingerprint density at radius 1 is 1.23 bits per heavy atom. The maximum atomic E-state index is 12.9. The highest BCUT2D eigenvalue weighted by molar-refractivity contribution is 6.05. The number of aromatic nitrogens is 2. The molecule has 0 fully saturated rings. The lowest BCUT2D eigenvalue weighted by molar-refractivity contribution is 0.102. The highest BCUT2D eigenvalue weighted by Gasteiger charge is 2.13. The number of nitrogens with one attached hydrogen (secondary N) is 1. The fourth-order valence-electron chi connectivity index (χ4n) is 2.11. The second-order valence-electron chi connectivity index (χ2n) is 5.15. The number of hydrogen-bond acceptors (Lipinski definition) is 6. The summed E-state index contributed by atoms with van der Waals surface area (Å²) in [6.45, 7) is 0. The topological polar surface area (TPSA) is 114 Å². The van der Waals surface area contributed by atoms with E-state index in [-0.39, 0.29) is 28.4 Å². The molecule has 0 atom stereocenters. The normalized spacial score (nSPS) is 10.0. The minimum atomic E-state index is -0.476. The van der Waals surface area contributed by atoms with Crippen LogP contribution in [0.25, 0.3) is 0 Å². The highest BCUT2D eigenvalue weighted by Crippen LogP contribution is 2.26. The number of hydrogen-bond donors (Lipinski definition) is 2. The van der Waals surface area contributed by atoms with Crippen LogP contribution in [0.4, 0.5) is 15.9 Å². The van der Waals surface area contributed by atoms with Gasteiger partial charge in [-0.05, 0) is 42.5 Å². The van der Waals surface area contributed by atoms with E-state index in [0.717, 1.165) is 0 Å². The third-order valence-corrected chi connectivity index (χ3v) is 3.39. The van der Waals surface area contributed by atoms with E-state index in [1.165, 1.54) is 55.0 Å². The first-order valence-corrected chi connectivity index (χ1v) is 7.41. The molecule has 128 valence electrons. The SMILES string of the molecule is N#Cc1cc(C(=O)Nc2cncnc2N)ccc1Oc1ccc(F)cc1. The first-order valence-electron chi connectivity index (χ1n) is 7.41. The van der Waals surface area contributed by atoms with Crippen molar-refractivity contribution in [3.63, 3.8) is 0 Å². The molecule has 0 saturated carbocycles. The van der Waals surface area contributed by atoms with Gasteiger partial charge in [0, 0.05) is 5.56 Å². The number of rotatable bonds is 4. The van der Waals surface area contributed by atoms with Gasteiger partial charge in [-0.3, -0.25) is 4.79 Å². The van der Waals surface area contributed by atoms with Crippen LogP contribution in [0.2, 0.25) is 0 Å². The largest absolute Gasteiger partial charge is 0.456 e. The zero-order chi connectivity index (χ0) is 18.5. The van der Waals surface area contributed by atoms with E-state index in [1.54, 1.807) is 0 Å². The predicted molar refractivity (Wildman–Crippen MR) is 92.0 cm³/mol. The molecule has 3 N–H and O–H groups in total. The lowest BCUT2D eigenvalue weighted by Crippen LogP contribution is -2.14. The van der Waals surface area contributed by atoms with Gasteiger partial charge in [-0.15, -0.1) is 0 Å². The van der Waals surface area contributed by atoms with Gasteiger partial charge in [-0.2, -0.15) is 5.26 Å². The van der Waals surface area contributed by atoms with Gasteiger partial charge in [-0.25, -0.2) is 14.4 Å². The molecule has 1 heterocycles. The molecule has 3 rings (SSSR count). The van der Waals surface area contributed by atoms with Crippen molar-refractivity contribution in [1.29, 1.82) is 5.26 Å². The van der Waals surface area contributed by atoms with Crippen molar-refractivity contribution in [2.45, 2.75) is 0 Å². The average Bonchev–Trinajstić information content (AvgIpc) is 2.65. The second-order valence-corrected chi connectivity index (χ2v) is 5.15. The number of nitrogens with zero attached hydrogens (tertiary/aromatic N) is 3. The van der Waals surface area contributed by atoms with E-state index in [9.17, 15) is 14.4 Å². The van der Waals surface area contributed by atoms with Crippen LogP contribution < -0.4 is 15.8 Å². The van der Waals surface area contributed by atoms with Gasteiger partial charge in [0.1, 0.15) is 35.4 Å². The van der Waals surface area contributed by atoms with Crippen LogP contribution in [0, 0.1) is 17.1 Å². The van der Waals surface area contributed by atoms with Crippen LogP contribution in [-0.2, 0) is 0 Å². The third kappa shape index (κ3) is 3.73. The summed E-state index contributed by atoms with van der Waals surface area (Å²) in [5, 5.41) is 11.9. The van der Waals surface area contributed by atoms with Gasteiger partial charge in [0.25, 0.3) is 5.91 Å². The summed E-state index contributed by atoms with van der Waals surface area (Å²) in [4.78, 5) is 19.9. The van der Waals surface area contributed by atoms with Crippen molar-refractivity contribution in [2.24, 2.45) is 0 Å². The predicted octanol–water partition coefficient (Wildman–Crippen LogP) is 3.11. The number of amides is 1. The van der Waals surface area contributed by atoms with E-state index in [4.69, 9.17) is 10.5 Å². The van der Waals surface area contributed by atoms with Gasteiger partial charge in [0.2, 0.25) is 0 Å². The third-order valence-electron chi connectivity index (χ3n) is 3.39. The summed E-state index contributed by atoms with van der Waals surface area (Å²) in [7, 11) is 0.